The Morgan fingerprint density at radius 2 is 1.38 bits per heavy atom. The van der Waals surface area contributed by atoms with Gasteiger partial charge in [-0.1, -0.05) is 67.6 Å². The van der Waals surface area contributed by atoms with Crippen LogP contribution in [0, 0.1) is 0 Å². The van der Waals surface area contributed by atoms with Crippen LogP contribution in [-0.2, 0) is 11.2 Å². The Labute approximate surface area is 126 Å². The van der Waals surface area contributed by atoms with Crippen molar-refractivity contribution in [3.8, 4) is 0 Å². The summed E-state index contributed by atoms with van der Waals surface area (Å²) in [7, 11) is 0. The van der Waals surface area contributed by atoms with E-state index in [1.54, 1.807) is 6.92 Å². The summed E-state index contributed by atoms with van der Waals surface area (Å²) in [5, 5.41) is 0. The molecule has 2 heteroatoms. The SMILES string of the molecule is CC(=O)Cc1ccccc1.CCCC(=O)c1ccccc1. The Hall–Kier alpha value is -2.22. The lowest BCUT2D eigenvalue weighted by atomic mass is 10.1. The molecule has 0 aromatic heterocycles. The largest absolute Gasteiger partial charge is 0.300 e. The van der Waals surface area contributed by atoms with Gasteiger partial charge in [-0.25, -0.2) is 0 Å². The highest BCUT2D eigenvalue weighted by atomic mass is 16.1. The third-order valence-electron chi connectivity index (χ3n) is 2.87. The van der Waals surface area contributed by atoms with Crippen molar-refractivity contribution in [1.82, 2.24) is 0 Å². The highest BCUT2D eigenvalue weighted by Gasteiger charge is 2.01. The Morgan fingerprint density at radius 3 is 1.86 bits per heavy atom. The van der Waals surface area contributed by atoms with Crippen molar-refractivity contribution in [3.63, 3.8) is 0 Å². The second-order valence-corrected chi connectivity index (χ2v) is 4.90. The van der Waals surface area contributed by atoms with Crippen molar-refractivity contribution in [2.24, 2.45) is 0 Å². The van der Waals surface area contributed by atoms with Crippen LogP contribution < -0.4 is 0 Å². The molecule has 0 fully saturated rings. The molecule has 0 heterocycles. The van der Waals surface area contributed by atoms with Gasteiger partial charge in [-0.2, -0.15) is 0 Å². The number of carbonyl (C=O) groups excluding carboxylic acids is 2. The van der Waals surface area contributed by atoms with Crippen LogP contribution in [-0.4, -0.2) is 11.6 Å². The summed E-state index contributed by atoms with van der Waals surface area (Å²) in [4.78, 5) is 21.9. The Morgan fingerprint density at radius 1 is 0.857 bits per heavy atom. The number of hydrogen-bond donors (Lipinski definition) is 0. The molecule has 2 rings (SSSR count). The molecule has 2 aromatic rings. The lowest BCUT2D eigenvalue weighted by molar-refractivity contribution is -0.116. The van der Waals surface area contributed by atoms with Gasteiger partial charge in [-0.3, -0.25) is 9.59 Å². The zero-order valence-electron chi connectivity index (χ0n) is 12.7. The Bertz CT molecular complexity index is 544. The monoisotopic (exact) mass is 282 g/mol. The van der Waals surface area contributed by atoms with Gasteiger partial charge < -0.3 is 0 Å². The third-order valence-corrected chi connectivity index (χ3v) is 2.87. The van der Waals surface area contributed by atoms with Gasteiger partial charge in [0, 0.05) is 18.4 Å². The van der Waals surface area contributed by atoms with Crippen molar-refractivity contribution < 1.29 is 9.59 Å². The van der Waals surface area contributed by atoms with Crippen LogP contribution in [0.4, 0.5) is 0 Å². The zero-order chi connectivity index (χ0) is 15.5. The molecule has 0 N–H and O–H groups in total. The van der Waals surface area contributed by atoms with E-state index < -0.39 is 0 Å². The topological polar surface area (TPSA) is 34.1 Å². The lowest BCUT2D eigenvalue weighted by Gasteiger charge is -1.96. The van der Waals surface area contributed by atoms with Crippen LogP contribution in [0.5, 0.6) is 0 Å². The van der Waals surface area contributed by atoms with Crippen LogP contribution >= 0.6 is 0 Å². The molecule has 110 valence electrons. The lowest BCUT2D eigenvalue weighted by Crippen LogP contribution is -1.96. The molecule has 0 radical (unpaired) electrons. The van der Waals surface area contributed by atoms with Gasteiger partial charge in [0.2, 0.25) is 0 Å². The second kappa shape index (κ2) is 9.65. The highest BCUT2D eigenvalue weighted by Crippen LogP contribution is 2.03. The fourth-order valence-corrected chi connectivity index (χ4v) is 1.88. The molecular formula is C19H22O2. The van der Waals surface area contributed by atoms with Gasteiger partial charge in [0.1, 0.15) is 5.78 Å². The number of Topliss-reactive ketones (excluding diaryl/α,β-unsaturated/α-hetero) is 2. The summed E-state index contributed by atoms with van der Waals surface area (Å²) in [6.07, 6.45) is 2.14. The minimum atomic E-state index is 0.214. The maximum Gasteiger partial charge on any atom is 0.162 e. The quantitative estimate of drug-likeness (QED) is 0.757. The summed E-state index contributed by atoms with van der Waals surface area (Å²) in [6, 6.07) is 19.2. The summed E-state index contributed by atoms with van der Waals surface area (Å²) >= 11 is 0. The fraction of sp³-hybridized carbons (Fsp3) is 0.263. The molecule has 2 nitrogen and oxygen atoms in total. The number of rotatable bonds is 5. The third kappa shape index (κ3) is 7.21. The molecule has 0 saturated heterocycles. The molecule has 21 heavy (non-hydrogen) atoms. The van der Waals surface area contributed by atoms with Gasteiger partial charge in [-0.15, -0.1) is 0 Å². The standard InChI is InChI=1S/C10H12O.C9H10O/c1-2-6-10(11)9-7-4-3-5-8-9;1-8(10)7-9-5-3-2-4-6-9/h3-5,7-8H,2,6H2,1H3;2-6H,7H2,1H3. The Balaban J connectivity index is 0.000000211. The van der Waals surface area contributed by atoms with E-state index in [1.807, 2.05) is 67.6 Å². The zero-order valence-corrected chi connectivity index (χ0v) is 12.7. The number of benzene rings is 2. The van der Waals surface area contributed by atoms with Gasteiger partial charge in [0.15, 0.2) is 5.78 Å². The maximum atomic E-state index is 11.2. The number of carbonyl (C=O) groups is 2. The van der Waals surface area contributed by atoms with Gasteiger partial charge in [-0.05, 0) is 18.9 Å². The molecule has 0 aliphatic heterocycles. The van der Waals surface area contributed by atoms with Gasteiger partial charge in [0.25, 0.3) is 0 Å². The molecule has 0 atom stereocenters. The molecule has 0 amide bonds. The average molecular weight is 282 g/mol. The van der Waals surface area contributed by atoms with E-state index in [4.69, 9.17) is 0 Å². The van der Waals surface area contributed by atoms with E-state index in [2.05, 4.69) is 0 Å². The van der Waals surface area contributed by atoms with Crippen LogP contribution in [0.2, 0.25) is 0 Å². The van der Waals surface area contributed by atoms with E-state index >= 15 is 0 Å². The minimum Gasteiger partial charge on any atom is -0.300 e. The normalized spacial score (nSPS) is 9.43. The number of hydrogen-bond acceptors (Lipinski definition) is 2. The van der Waals surface area contributed by atoms with E-state index in [9.17, 15) is 9.59 Å². The first-order valence-electron chi connectivity index (χ1n) is 7.25. The summed E-state index contributed by atoms with van der Waals surface area (Å²) in [5.74, 6) is 0.458. The van der Waals surface area contributed by atoms with E-state index in [0.717, 1.165) is 17.5 Å². The number of ketones is 2. The van der Waals surface area contributed by atoms with Crippen LogP contribution in [0.15, 0.2) is 60.7 Å². The molecular weight excluding hydrogens is 260 g/mol. The van der Waals surface area contributed by atoms with E-state index in [1.165, 1.54) is 0 Å². The van der Waals surface area contributed by atoms with Crippen molar-refractivity contribution >= 4 is 11.6 Å². The predicted octanol–water partition coefficient (Wildman–Crippen LogP) is 4.49. The average Bonchev–Trinajstić information content (AvgIpc) is 2.49. The van der Waals surface area contributed by atoms with Gasteiger partial charge >= 0.3 is 0 Å². The predicted molar refractivity (Wildman–Crippen MR) is 86.5 cm³/mol. The summed E-state index contributed by atoms with van der Waals surface area (Å²) < 4.78 is 0. The van der Waals surface area contributed by atoms with Crippen LogP contribution in [0.3, 0.4) is 0 Å². The van der Waals surface area contributed by atoms with Crippen LogP contribution in [0.25, 0.3) is 0 Å². The molecule has 2 aromatic carbocycles. The molecule has 0 saturated carbocycles. The first kappa shape index (κ1) is 16.8. The molecule has 0 aliphatic carbocycles. The first-order chi connectivity index (χ1) is 10.1. The minimum absolute atomic E-state index is 0.214. The van der Waals surface area contributed by atoms with E-state index in [-0.39, 0.29) is 11.6 Å². The van der Waals surface area contributed by atoms with Crippen molar-refractivity contribution in [2.45, 2.75) is 33.1 Å². The summed E-state index contributed by atoms with van der Waals surface area (Å²) in [5.41, 5.74) is 1.92. The smallest absolute Gasteiger partial charge is 0.162 e. The fourth-order valence-electron chi connectivity index (χ4n) is 1.88. The molecule has 0 spiro atoms. The van der Waals surface area contributed by atoms with E-state index in [0.29, 0.717) is 12.8 Å². The second-order valence-electron chi connectivity index (χ2n) is 4.90. The summed E-state index contributed by atoms with van der Waals surface area (Å²) in [6.45, 7) is 3.62. The Kier molecular flexibility index (Phi) is 7.73. The maximum absolute atomic E-state index is 11.2. The molecule has 0 bridgehead atoms. The van der Waals surface area contributed by atoms with Crippen molar-refractivity contribution in [2.75, 3.05) is 0 Å². The molecule has 0 aliphatic rings. The van der Waals surface area contributed by atoms with Gasteiger partial charge in [0.05, 0.1) is 0 Å². The highest BCUT2D eigenvalue weighted by molar-refractivity contribution is 5.95. The van der Waals surface area contributed by atoms with Crippen molar-refractivity contribution in [1.29, 1.82) is 0 Å². The molecule has 0 unspecified atom stereocenters. The van der Waals surface area contributed by atoms with Crippen LogP contribution in [0.1, 0.15) is 42.6 Å². The van der Waals surface area contributed by atoms with Crippen molar-refractivity contribution in [3.05, 3.63) is 71.8 Å². The first-order valence-corrected chi connectivity index (χ1v) is 7.25.